The van der Waals surface area contributed by atoms with Crippen LogP contribution >= 0.6 is 11.3 Å². The van der Waals surface area contributed by atoms with E-state index in [1.54, 1.807) is 11.3 Å². The zero-order valence-electron chi connectivity index (χ0n) is 13.0. The quantitative estimate of drug-likeness (QED) is 0.517. The number of ether oxygens (including phenoxy) is 2. The predicted molar refractivity (Wildman–Crippen MR) is 86.8 cm³/mol. The van der Waals surface area contributed by atoms with Crippen LogP contribution in [-0.4, -0.2) is 18.1 Å². The number of aromatic nitrogens is 1. The minimum absolute atomic E-state index is 0.402. The summed E-state index contributed by atoms with van der Waals surface area (Å²) in [5.74, 6) is 0. The highest BCUT2D eigenvalue weighted by molar-refractivity contribution is 7.11. The molecule has 118 valence electrons. The maximum atomic E-state index is 10.9. The molecule has 1 aromatic heterocycles. The van der Waals surface area contributed by atoms with Crippen molar-refractivity contribution in [2.45, 2.75) is 39.4 Å². The minimum atomic E-state index is -0.402. The Balaban J connectivity index is 2.14. The van der Waals surface area contributed by atoms with Gasteiger partial charge in [0.05, 0.1) is 17.2 Å². The van der Waals surface area contributed by atoms with Gasteiger partial charge in [0.15, 0.2) is 6.10 Å². The first kappa shape index (κ1) is 16.6. The molecule has 1 unspecified atom stereocenters. The summed E-state index contributed by atoms with van der Waals surface area (Å²) in [5, 5.41) is 0.916. The summed E-state index contributed by atoms with van der Waals surface area (Å²) in [6.07, 6.45) is 1.77. The van der Waals surface area contributed by atoms with Crippen LogP contribution in [0.2, 0.25) is 0 Å². The molecule has 0 fully saturated rings. The van der Waals surface area contributed by atoms with Gasteiger partial charge in [-0.3, -0.25) is 4.79 Å². The number of carbonyl (C=O) groups is 1. The van der Waals surface area contributed by atoms with E-state index in [0.29, 0.717) is 13.1 Å². The minimum Gasteiger partial charge on any atom is -0.454 e. The fourth-order valence-corrected chi connectivity index (χ4v) is 3.22. The van der Waals surface area contributed by atoms with E-state index in [4.69, 9.17) is 9.47 Å². The largest absolute Gasteiger partial charge is 0.454 e. The highest BCUT2D eigenvalue weighted by Gasteiger charge is 2.21. The second-order valence-corrected chi connectivity index (χ2v) is 6.10. The second kappa shape index (κ2) is 8.66. The summed E-state index contributed by atoms with van der Waals surface area (Å²) in [6.45, 7) is 5.82. The van der Waals surface area contributed by atoms with E-state index in [0.717, 1.165) is 40.6 Å². The van der Waals surface area contributed by atoms with Crippen LogP contribution in [0.4, 0.5) is 0 Å². The van der Waals surface area contributed by atoms with Gasteiger partial charge in [0, 0.05) is 6.61 Å². The predicted octanol–water partition coefficient (Wildman–Crippen LogP) is 4.03. The first-order valence-corrected chi connectivity index (χ1v) is 8.26. The molecule has 0 spiro atoms. The molecule has 22 heavy (non-hydrogen) atoms. The van der Waals surface area contributed by atoms with Gasteiger partial charge in [-0.25, -0.2) is 4.98 Å². The van der Waals surface area contributed by atoms with E-state index in [1.807, 2.05) is 37.3 Å². The molecule has 0 N–H and O–H groups in total. The van der Waals surface area contributed by atoms with Gasteiger partial charge in [-0.05, 0) is 18.9 Å². The molecule has 0 saturated carbocycles. The molecular formula is C17H21NO3S. The molecule has 0 saturated heterocycles. The van der Waals surface area contributed by atoms with E-state index >= 15 is 0 Å². The van der Waals surface area contributed by atoms with Gasteiger partial charge in [0.2, 0.25) is 0 Å². The van der Waals surface area contributed by atoms with E-state index in [9.17, 15) is 4.79 Å². The SMILES string of the molecule is CCCCOCc1nc(C)c(C(OC=O)c2ccccc2)s1. The van der Waals surface area contributed by atoms with Crippen molar-refractivity contribution in [1.29, 1.82) is 0 Å². The fraction of sp³-hybridized carbons (Fsp3) is 0.412. The Kier molecular flexibility index (Phi) is 6.55. The second-order valence-electron chi connectivity index (χ2n) is 4.99. The Morgan fingerprint density at radius 3 is 2.77 bits per heavy atom. The molecule has 0 bridgehead atoms. The fourth-order valence-electron chi connectivity index (χ4n) is 2.15. The number of benzene rings is 1. The maximum Gasteiger partial charge on any atom is 0.294 e. The molecule has 1 heterocycles. The average Bonchev–Trinajstić information content (AvgIpc) is 2.91. The highest BCUT2D eigenvalue weighted by Crippen LogP contribution is 2.32. The van der Waals surface area contributed by atoms with Crippen molar-refractivity contribution in [2.75, 3.05) is 6.61 Å². The highest BCUT2D eigenvalue weighted by atomic mass is 32.1. The number of nitrogens with zero attached hydrogens (tertiary/aromatic N) is 1. The number of thiazole rings is 1. The summed E-state index contributed by atoms with van der Waals surface area (Å²) >= 11 is 1.54. The van der Waals surface area contributed by atoms with Gasteiger partial charge >= 0.3 is 0 Å². The monoisotopic (exact) mass is 319 g/mol. The lowest BCUT2D eigenvalue weighted by Crippen LogP contribution is -2.04. The van der Waals surface area contributed by atoms with Crippen molar-refractivity contribution >= 4 is 17.8 Å². The number of rotatable bonds is 9. The first-order chi connectivity index (χ1) is 10.8. The van der Waals surface area contributed by atoms with E-state index in [2.05, 4.69) is 11.9 Å². The summed E-state index contributed by atoms with van der Waals surface area (Å²) in [4.78, 5) is 16.3. The molecule has 2 rings (SSSR count). The van der Waals surface area contributed by atoms with Crippen LogP contribution in [0.15, 0.2) is 30.3 Å². The molecule has 5 heteroatoms. The summed E-state index contributed by atoms with van der Waals surface area (Å²) in [5.41, 5.74) is 1.83. The summed E-state index contributed by atoms with van der Waals surface area (Å²) in [7, 11) is 0. The van der Waals surface area contributed by atoms with Crippen molar-refractivity contribution in [3.8, 4) is 0 Å². The Bertz CT molecular complexity index is 583. The van der Waals surface area contributed by atoms with Crippen molar-refractivity contribution in [1.82, 2.24) is 4.98 Å². The molecule has 0 aliphatic carbocycles. The van der Waals surface area contributed by atoms with Gasteiger partial charge in [-0.1, -0.05) is 43.7 Å². The molecule has 0 amide bonds. The third-order valence-corrected chi connectivity index (χ3v) is 4.45. The van der Waals surface area contributed by atoms with Crippen LogP contribution < -0.4 is 0 Å². The van der Waals surface area contributed by atoms with Gasteiger partial charge in [0.1, 0.15) is 5.01 Å². The lowest BCUT2D eigenvalue weighted by molar-refractivity contribution is -0.132. The molecule has 0 aliphatic heterocycles. The Labute approximate surface area is 135 Å². The lowest BCUT2D eigenvalue weighted by Gasteiger charge is -2.14. The normalized spacial score (nSPS) is 12.1. The molecule has 0 aliphatic rings. The third-order valence-electron chi connectivity index (χ3n) is 3.28. The molecule has 0 radical (unpaired) electrons. The van der Waals surface area contributed by atoms with Crippen LogP contribution in [-0.2, 0) is 20.9 Å². The number of aryl methyl sites for hydroxylation is 1. The average molecular weight is 319 g/mol. The number of hydrogen-bond donors (Lipinski definition) is 0. The van der Waals surface area contributed by atoms with Crippen molar-refractivity contribution in [3.05, 3.63) is 51.5 Å². The zero-order chi connectivity index (χ0) is 15.8. The molecule has 1 aromatic carbocycles. The van der Waals surface area contributed by atoms with Crippen molar-refractivity contribution in [3.63, 3.8) is 0 Å². The van der Waals surface area contributed by atoms with Gasteiger partial charge in [0.25, 0.3) is 6.47 Å². The van der Waals surface area contributed by atoms with Crippen LogP contribution in [0.1, 0.15) is 47.0 Å². The lowest BCUT2D eigenvalue weighted by atomic mass is 10.1. The van der Waals surface area contributed by atoms with Crippen LogP contribution in [0.3, 0.4) is 0 Å². The number of unbranched alkanes of at least 4 members (excludes halogenated alkanes) is 1. The van der Waals surface area contributed by atoms with E-state index < -0.39 is 6.10 Å². The van der Waals surface area contributed by atoms with Crippen LogP contribution in [0.25, 0.3) is 0 Å². The van der Waals surface area contributed by atoms with Crippen molar-refractivity contribution in [2.24, 2.45) is 0 Å². The zero-order valence-corrected chi connectivity index (χ0v) is 13.8. The first-order valence-electron chi connectivity index (χ1n) is 7.44. The molecule has 4 nitrogen and oxygen atoms in total. The molecule has 1 atom stereocenters. The number of carbonyl (C=O) groups excluding carboxylic acids is 1. The van der Waals surface area contributed by atoms with Gasteiger partial charge in [-0.15, -0.1) is 11.3 Å². The molecule has 2 aromatic rings. The van der Waals surface area contributed by atoms with Crippen molar-refractivity contribution < 1.29 is 14.3 Å². The Hall–Kier alpha value is -1.72. The standard InChI is InChI=1S/C17H21NO3S/c1-3-4-10-20-11-15-18-13(2)17(22-15)16(21-12-19)14-8-6-5-7-9-14/h5-9,12,16H,3-4,10-11H2,1-2H3. The third kappa shape index (κ3) is 4.39. The van der Waals surface area contributed by atoms with Crippen LogP contribution in [0.5, 0.6) is 0 Å². The van der Waals surface area contributed by atoms with E-state index in [1.165, 1.54) is 0 Å². The molecular weight excluding hydrogens is 298 g/mol. The van der Waals surface area contributed by atoms with E-state index in [-0.39, 0.29) is 0 Å². The Morgan fingerprint density at radius 1 is 1.32 bits per heavy atom. The summed E-state index contributed by atoms with van der Waals surface area (Å²) < 4.78 is 10.9. The topological polar surface area (TPSA) is 48.4 Å². The van der Waals surface area contributed by atoms with Crippen LogP contribution in [0, 0.1) is 6.92 Å². The smallest absolute Gasteiger partial charge is 0.294 e. The summed E-state index contributed by atoms with van der Waals surface area (Å²) in [6, 6.07) is 9.70. The maximum absolute atomic E-state index is 10.9. The van der Waals surface area contributed by atoms with Gasteiger partial charge in [-0.2, -0.15) is 0 Å². The van der Waals surface area contributed by atoms with Gasteiger partial charge < -0.3 is 9.47 Å². The number of hydrogen-bond acceptors (Lipinski definition) is 5. The Morgan fingerprint density at radius 2 is 2.09 bits per heavy atom.